The number of aryl methyl sites for hydroxylation is 1. The van der Waals surface area contributed by atoms with Gasteiger partial charge in [0.25, 0.3) is 0 Å². The van der Waals surface area contributed by atoms with Gasteiger partial charge >= 0.3 is 5.97 Å². The number of nitrogens with zero attached hydrogens (tertiary/aromatic N) is 1. The summed E-state index contributed by atoms with van der Waals surface area (Å²) in [6, 6.07) is 12.9. The first-order chi connectivity index (χ1) is 15.5. The van der Waals surface area contributed by atoms with Crippen molar-refractivity contribution in [3.05, 3.63) is 64.8 Å². The van der Waals surface area contributed by atoms with Gasteiger partial charge in [-0.15, -0.1) is 0 Å². The van der Waals surface area contributed by atoms with E-state index in [-0.39, 0.29) is 12.0 Å². The highest BCUT2D eigenvalue weighted by molar-refractivity contribution is 5.89. The first kappa shape index (κ1) is 22.4. The molecule has 1 aliphatic heterocycles. The summed E-state index contributed by atoms with van der Waals surface area (Å²) >= 11 is 0. The van der Waals surface area contributed by atoms with Crippen molar-refractivity contribution < 1.29 is 14.3 Å². The molecule has 32 heavy (non-hydrogen) atoms. The van der Waals surface area contributed by atoms with Crippen molar-refractivity contribution in [3.63, 3.8) is 0 Å². The van der Waals surface area contributed by atoms with E-state index in [0.717, 1.165) is 38.2 Å². The van der Waals surface area contributed by atoms with Crippen molar-refractivity contribution >= 4 is 16.9 Å². The Morgan fingerprint density at radius 1 is 1.22 bits per heavy atom. The Labute approximate surface area is 189 Å². The average Bonchev–Trinajstić information content (AvgIpc) is 3.32. The molecule has 6 heteroatoms. The topological polar surface area (TPSA) is 66.6 Å². The number of fused-ring (bicyclic) bond motifs is 1. The van der Waals surface area contributed by atoms with Crippen LogP contribution in [0.25, 0.3) is 10.9 Å². The van der Waals surface area contributed by atoms with Crippen molar-refractivity contribution in [2.45, 2.75) is 45.3 Å². The number of carbonyl (C=O) groups excluding carboxylic acids is 1. The summed E-state index contributed by atoms with van der Waals surface area (Å²) in [6.07, 6.45) is 4.13. The zero-order valence-electron chi connectivity index (χ0n) is 19.4. The van der Waals surface area contributed by atoms with Gasteiger partial charge in [0, 0.05) is 47.8 Å². The number of nitrogens with one attached hydrogen (secondary N) is 2. The highest BCUT2D eigenvalue weighted by atomic mass is 16.5. The molecule has 0 saturated carbocycles. The third-order valence-corrected chi connectivity index (χ3v) is 6.62. The Balaban J connectivity index is 1.67. The van der Waals surface area contributed by atoms with Gasteiger partial charge in [0.05, 0.1) is 19.8 Å². The first-order valence-electron chi connectivity index (χ1n) is 11.3. The summed E-state index contributed by atoms with van der Waals surface area (Å²) in [7, 11) is 3.16. The van der Waals surface area contributed by atoms with E-state index >= 15 is 0 Å². The number of benzene rings is 2. The summed E-state index contributed by atoms with van der Waals surface area (Å²) in [6.45, 7) is 7.03. The SMILES string of the molecule is CCNC1CCN(Cc2c(OC)cc(C)c3[nH]ccc23)C(c2ccc(C(=O)OC)cc2)C1. The first-order valence-corrected chi connectivity index (χ1v) is 11.3. The fourth-order valence-electron chi connectivity index (χ4n) is 4.97. The smallest absolute Gasteiger partial charge is 0.337 e. The Kier molecular flexibility index (Phi) is 6.82. The van der Waals surface area contributed by atoms with Gasteiger partial charge in [-0.05, 0) is 61.7 Å². The summed E-state index contributed by atoms with van der Waals surface area (Å²) in [5.41, 5.74) is 5.37. The van der Waals surface area contributed by atoms with Crippen LogP contribution in [-0.4, -0.2) is 49.2 Å². The van der Waals surface area contributed by atoms with Gasteiger partial charge in [-0.1, -0.05) is 19.1 Å². The molecule has 1 fully saturated rings. The molecule has 0 radical (unpaired) electrons. The summed E-state index contributed by atoms with van der Waals surface area (Å²) in [5.74, 6) is 0.630. The lowest BCUT2D eigenvalue weighted by atomic mass is 9.90. The molecule has 2 N–H and O–H groups in total. The molecule has 3 aromatic rings. The molecule has 0 aliphatic carbocycles. The Morgan fingerprint density at radius 2 is 2.00 bits per heavy atom. The third kappa shape index (κ3) is 4.38. The Morgan fingerprint density at radius 3 is 2.69 bits per heavy atom. The van der Waals surface area contributed by atoms with Gasteiger partial charge in [0.1, 0.15) is 5.75 Å². The molecule has 2 aromatic carbocycles. The number of aromatic nitrogens is 1. The van der Waals surface area contributed by atoms with Crippen molar-refractivity contribution in [3.8, 4) is 5.75 Å². The molecule has 6 nitrogen and oxygen atoms in total. The number of hydrogen-bond donors (Lipinski definition) is 2. The van der Waals surface area contributed by atoms with Crippen LogP contribution in [0.1, 0.15) is 52.9 Å². The predicted molar refractivity (Wildman–Crippen MR) is 127 cm³/mol. The quantitative estimate of drug-likeness (QED) is 0.532. The molecule has 0 amide bonds. The maximum absolute atomic E-state index is 11.9. The van der Waals surface area contributed by atoms with E-state index in [1.807, 2.05) is 18.3 Å². The lowest BCUT2D eigenvalue weighted by Crippen LogP contribution is -2.44. The number of esters is 1. The minimum Gasteiger partial charge on any atom is -0.496 e. The highest BCUT2D eigenvalue weighted by Crippen LogP contribution is 2.37. The number of ether oxygens (including phenoxy) is 2. The molecule has 170 valence electrons. The zero-order chi connectivity index (χ0) is 22.7. The lowest BCUT2D eigenvalue weighted by Gasteiger charge is -2.40. The van der Waals surface area contributed by atoms with Gasteiger partial charge in [-0.2, -0.15) is 0 Å². The van der Waals surface area contributed by atoms with Crippen LogP contribution in [0.4, 0.5) is 0 Å². The normalized spacial score (nSPS) is 19.2. The second kappa shape index (κ2) is 9.76. The van der Waals surface area contributed by atoms with Gasteiger partial charge in [0.2, 0.25) is 0 Å². The van der Waals surface area contributed by atoms with E-state index in [9.17, 15) is 4.79 Å². The molecule has 0 spiro atoms. The number of rotatable bonds is 7. The molecular weight excluding hydrogens is 402 g/mol. The third-order valence-electron chi connectivity index (χ3n) is 6.62. The largest absolute Gasteiger partial charge is 0.496 e. The number of methoxy groups -OCH3 is 2. The van der Waals surface area contributed by atoms with Crippen LogP contribution >= 0.6 is 0 Å². The minimum absolute atomic E-state index is 0.250. The van der Waals surface area contributed by atoms with Crippen LogP contribution in [0.2, 0.25) is 0 Å². The maximum Gasteiger partial charge on any atom is 0.337 e. The maximum atomic E-state index is 11.9. The molecule has 2 unspecified atom stereocenters. The molecule has 1 aromatic heterocycles. The van der Waals surface area contributed by atoms with Crippen LogP contribution in [0.5, 0.6) is 5.75 Å². The van der Waals surface area contributed by atoms with Crippen LogP contribution in [0, 0.1) is 6.92 Å². The van der Waals surface area contributed by atoms with Crippen LogP contribution < -0.4 is 10.1 Å². The van der Waals surface area contributed by atoms with Gasteiger partial charge in [-0.3, -0.25) is 4.90 Å². The number of H-pyrrole nitrogens is 1. The van der Waals surface area contributed by atoms with E-state index in [4.69, 9.17) is 9.47 Å². The van der Waals surface area contributed by atoms with Crippen LogP contribution in [0.3, 0.4) is 0 Å². The monoisotopic (exact) mass is 435 g/mol. The number of likely N-dealkylation sites (tertiary alicyclic amines) is 1. The number of aromatic amines is 1. The van der Waals surface area contributed by atoms with Crippen molar-refractivity contribution in [1.29, 1.82) is 0 Å². The second-order valence-corrected chi connectivity index (χ2v) is 8.52. The van der Waals surface area contributed by atoms with E-state index in [1.165, 1.54) is 34.7 Å². The van der Waals surface area contributed by atoms with Gasteiger partial charge in [0.15, 0.2) is 0 Å². The second-order valence-electron chi connectivity index (χ2n) is 8.52. The molecule has 0 bridgehead atoms. The molecule has 1 aliphatic rings. The summed E-state index contributed by atoms with van der Waals surface area (Å²) < 4.78 is 10.7. The molecular formula is C26H33N3O3. The van der Waals surface area contributed by atoms with Crippen molar-refractivity contribution in [2.24, 2.45) is 0 Å². The van der Waals surface area contributed by atoms with Gasteiger partial charge < -0.3 is 19.8 Å². The average molecular weight is 436 g/mol. The van der Waals surface area contributed by atoms with E-state index < -0.39 is 0 Å². The summed E-state index contributed by atoms with van der Waals surface area (Å²) in [4.78, 5) is 17.8. The number of hydrogen-bond acceptors (Lipinski definition) is 5. The molecule has 2 heterocycles. The molecule has 1 saturated heterocycles. The van der Waals surface area contributed by atoms with Crippen LogP contribution in [0.15, 0.2) is 42.6 Å². The fourth-order valence-corrected chi connectivity index (χ4v) is 4.97. The highest BCUT2D eigenvalue weighted by Gasteiger charge is 2.30. The van der Waals surface area contributed by atoms with E-state index in [0.29, 0.717) is 11.6 Å². The lowest BCUT2D eigenvalue weighted by molar-refractivity contribution is 0.0600. The molecule has 2 atom stereocenters. The fraction of sp³-hybridized carbons (Fsp3) is 0.423. The van der Waals surface area contributed by atoms with Crippen LogP contribution in [-0.2, 0) is 11.3 Å². The zero-order valence-corrected chi connectivity index (χ0v) is 19.4. The Bertz CT molecular complexity index is 1070. The van der Waals surface area contributed by atoms with Gasteiger partial charge in [-0.25, -0.2) is 4.79 Å². The minimum atomic E-state index is -0.304. The van der Waals surface area contributed by atoms with E-state index in [2.05, 4.69) is 53.3 Å². The molecule has 4 rings (SSSR count). The Hall–Kier alpha value is -2.83. The summed E-state index contributed by atoms with van der Waals surface area (Å²) in [5, 5.41) is 4.85. The van der Waals surface area contributed by atoms with Crippen molar-refractivity contribution in [1.82, 2.24) is 15.2 Å². The standard InChI is InChI=1S/C26H33N3O3/c1-5-27-20-11-13-29(23(15-20)18-6-8-19(9-7-18)26(30)32-4)16-22-21-10-12-28-25(21)17(2)14-24(22)31-3/h6-10,12,14,20,23,27-28H,5,11,13,15-16H2,1-4H3. The number of carbonyl (C=O) groups is 1. The van der Waals surface area contributed by atoms with E-state index in [1.54, 1.807) is 7.11 Å². The van der Waals surface area contributed by atoms with Crippen molar-refractivity contribution in [2.75, 3.05) is 27.3 Å². The predicted octanol–water partition coefficient (Wildman–Crippen LogP) is 4.59. The number of piperidine rings is 1.